The zero-order chi connectivity index (χ0) is 36.6. The normalized spacial score (nSPS) is 14.1. The molecule has 0 aromatic carbocycles. The van der Waals surface area contributed by atoms with Crippen molar-refractivity contribution in [1.82, 2.24) is 5.32 Å². The molecule has 0 rings (SSSR count). The maximum atomic E-state index is 12.5. The van der Waals surface area contributed by atoms with E-state index in [1.165, 1.54) is 135 Å². The monoisotopic (exact) mass is 702 g/mol. The summed E-state index contributed by atoms with van der Waals surface area (Å²) >= 11 is 0. The molecule has 5 nitrogen and oxygen atoms in total. The Balaban J connectivity index is 3.71. The van der Waals surface area contributed by atoms with Gasteiger partial charge in [-0.25, -0.2) is 0 Å². The molecule has 0 bridgehead atoms. The van der Waals surface area contributed by atoms with E-state index in [0.29, 0.717) is 6.42 Å². The molecule has 292 valence electrons. The van der Waals surface area contributed by atoms with Crippen molar-refractivity contribution < 1.29 is 20.1 Å². The van der Waals surface area contributed by atoms with Crippen molar-refractivity contribution in [3.8, 4) is 0 Å². The zero-order valence-corrected chi connectivity index (χ0v) is 33.0. The Kier molecular flexibility index (Phi) is 38.7. The van der Waals surface area contributed by atoms with Gasteiger partial charge in [-0.2, -0.15) is 0 Å². The molecular formula is C45H83NO4. The number of hydrogen-bond donors (Lipinski definition) is 4. The first-order valence-electron chi connectivity index (χ1n) is 21.5. The van der Waals surface area contributed by atoms with Gasteiger partial charge in [-0.05, 0) is 57.8 Å². The highest BCUT2D eigenvalue weighted by molar-refractivity contribution is 5.80. The van der Waals surface area contributed by atoms with E-state index in [1.54, 1.807) is 6.08 Å². The minimum absolute atomic E-state index is 0.377. The van der Waals surface area contributed by atoms with Gasteiger partial charge in [0, 0.05) is 0 Å². The summed E-state index contributed by atoms with van der Waals surface area (Å²) in [6.07, 6.45) is 51.4. The molecule has 1 amide bonds. The van der Waals surface area contributed by atoms with Crippen LogP contribution in [-0.4, -0.2) is 46.1 Å². The van der Waals surface area contributed by atoms with Crippen LogP contribution in [0, 0.1) is 0 Å². The number of carbonyl (C=O) groups excluding carboxylic acids is 1. The molecule has 0 radical (unpaired) electrons. The lowest BCUT2D eigenvalue weighted by Crippen LogP contribution is -2.48. The Bertz CT molecular complexity index is 820. The van der Waals surface area contributed by atoms with Gasteiger partial charge in [0.25, 0.3) is 0 Å². The number of rotatable bonds is 38. The summed E-state index contributed by atoms with van der Waals surface area (Å²) in [5, 5.41) is 33.1. The molecule has 0 heterocycles. The topological polar surface area (TPSA) is 89.8 Å². The van der Waals surface area contributed by atoms with Crippen molar-refractivity contribution in [2.24, 2.45) is 0 Å². The fraction of sp³-hybridized carbons (Fsp3) is 0.800. The van der Waals surface area contributed by atoms with E-state index in [2.05, 4.69) is 55.6 Å². The van der Waals surface area contributed by atoms with Gasteiger partial charge in [0.05, 0.1) is 18.8 Å². The number of hydrogen-bond acceptors (Lipinski definition) is 4. The lowest BCUT2D eigenvalue weighted by atomic mass is 10.0. The Morgan fingerprint density at radius 3 is 1.44 bits per heavy atom. The molecule has 5 heteroatoms. The van der Waals surface area contributed by atoms with Gasteiger partial charge in [0.15, 0.2) is 0 Å². The van der Waals surface area contributed by atoms with Crippen LogP contribution in [-0.2, 0) is 4.79 Å². The van der Waals surface area contributed by atoms with Crippen molar-refractivity contribution in [3.05, 3.63) is 48.6 Å². The Morgan fingerprint density at radius 2 is 0.940 bits per heavy atom. The standard InChI is InChI=1S/C45H83NO4/c1-3-5-7-9-11-13-15-17-19-21-22-23-24-26-28-30-32-34-36-38-40-44(49)45(50)46-42(41-47)43(48)39-37-35-33-31-29-27-25-20-18-16-14-12-10-8-6-4-2/h5,7,11,13,29,31,37,39,42-44,47-49H,3-4,6,8-10,12,14-28,30,32-36,38,40-41H2,1-2H3,(H,46,50)/b7-5-,13-11-,31-29+,39-37+. The van der Waals surface area contributed by atoms with Crippen LogP contribution in [0.4, 0.5) is 0 Å². The van der Waals surface area contributed by atoms with Crippen LogP contribution < -0.4 is 5.32 Å². The largest absolute Gasteiger partial charge is 0.394 e. The molecule has 50 heavy (non-hydrogen) atoms. The molecule has 0 spiro atoms. The number of carbonyl (C=O) groups is 1. The summed E-state index contributed by atoms with van der Waals surface area (Å²) in [5.41, 5.74) is 0. The van der Waals surface area contributed by atoms with E-state index < -0.39 is 24.2 Å². The number of unbranched alkanes of at least 4 members (excludes halogenated alkanes) is 24. The smallest absolute Gasteiger partial charge is 0.249 e. The average Bonchev–Trinajstić information content (AvgIpc) is 3.12. The third-order valence-corrected chi connectivity index (χ3v) is 9.65. The molecule has 3 atom stereocenters. The van der Waals surface area contributed by atoms with Gasteiger partial charge in [-0.3, -0.25) is 4.79 Å². The lowest BCUT2D eigenvalue weighted by molar-refractivity contribution is -0.131. The minimum Gasteiger partial charge on any atom is -0.394 e. The summed E-state index contributed by atoms with van der Waals surface area (Å²) in [6, 6.07) is -0.814. The fourth-order valence-corrected chi connectivity index (χ4v) is 6.30. The van der Waals surface area contributed by atoms with E-state index in [9.17, 15) is 20.1 Å². The van der Waals surface area contributed by atoms with Crippen molar-refractivity contribution in [3.63, 3.8) is 0 Å². The molecule has 0 saturated carbocycles. The first kappa shape index (κ1) is 48.3. The molecule has 0 fully saturated rings. The van der Waals surface area contributed by atoms with E-state index >= 15 is 0 Å². The first-order chi connectivity index (χ1) is 24.6. The van der Waals surface area contributed by atoms with Crippen LogP contribution in [0.3, 0.4) is 0 Å². The SMILES string of the molecule is CC/C=C\C/C=C\CCCCCCCCCCCCCCCC(O)C(=O)NC(CO)C(O)/C=C/CC/C=C/CCCCCCCCCCCC. The van der Waals surface area contributed by atoms with Crippen LogP contribution in [0.25, 0.3) is 0 Å². The second-order valence-corrected chi connectivity index (χ2v) is 14.5. The molecular weight excluding hydrogens is 618 g/mol. The van der Waals surface area contributed by atoms with Gasteiger partial charge in [0.1, 0.15) is 6.10 Å². The third-order valence-electron chi connectivity index (χ3n) is 9.65. The number of nitrogens with one attached hydrogen (secondary N) is 1. The molecule has 0 aromatic heterocycles. The summed E-state index contributed by atoms with van der Waals surface area (Å²) in [5.74, 6) is -0.515. The second-order valence-electron chi connectivity index (χ2n) is 14.5. The van der Waals surface area contributed by atoms with E-state index in [4.69, 9.17) is 0 Å². The molecule has 0 aliphatic heterocycles. The second kappa shape index (κ2) is 40.1. The Labute approximate surface area is 310 Å². The summed E-state index contributed by atoms with van der Waals surface area (Å²) in [4.78, 5) is 12.5. The van der Waals surface area contributed by atoms with Gasteiger partial charge in [0.2, 0.25) is 5.91 Å². The molecule has 4 N–H and O–H groups in total. The molecule has 3 unspecified atom stereocenters. The number of aliphatic hydroxyl groups is 3. The van der Waals surface area contributed by atoms with Crippen molar-refractivity contribution in [1.29, 1.82) is 0 Å². The summed E-state index contributed by atoms with van der Waals surface area (Å²) in [6.45, 7) is 4.06. The molecule has 0 saturated heterocycles. The highest BCUT2D eigenvalue weighted by atomic mass is 16.3. The van der Waals surface area contributed by atoms with Crippen LogP contribution in [0.1, 0.15) is 206 Å². The predicted octanol–water partition coefficient (Wildman–Crippen LogP) is 12.2. The highest BCUT2D eigenvalue weighted by Gasteiger charge is 2.22. The van der Waals surface area contributed by atoms with E-state index in [-0.39, 0.29) is 6.61 Å². The quantitative estimate of drug-likeness (QED) is 0.0381. The van der Waals surface area contributed by atoms with Crippen LogP contribution in [0.2, 0.25) is 0 Å². The van der Waals surface area contributed by atoms with Gasteiger partial charge < -0.3 is 20.6 Å². The molecule has 0 aromatic rings. The van der Waals surface area contributed by atoms with Crippen molar-refractivity contribution in [2.45, 2.75) is 225 Å². The van der Waals surface area contributed by atoms with Gasteiger partial charge in [-0.15, -0.1) is 0 Å². The van der Waals surface area contributed by atoms with Crippen molar-refractivity contribution in [2.75, 3.05) is 6.61 Å². The minimum atomic E-state index is -1.11. The zero-order valence-electron chi connectivity index (χ0n) is 33.0. The number of amides is 1. The number of allylic oxidation sites excluding steroid dienone is 7. The first-order valence-corrected chi connectivity index (χ1v) is 21.5. The van der Waals surface area contributed by atoms with Crippen molar-refractivity contribution >= 4 is 5.91 Å². The summed E-state index contributed by atoms with van der Waals surface area (Å²) < 4.78 is 0. The maximum absolute atomic E-state index is 12.5. The summed E-state index contributed by atoms with van der Waals surface area (Å²) in [7, 11) is 0. The Morgan fingerprint density at radius 1 is 0.520 bits per heavy atom. The van der Waals surface area contributed by atoms with Crippen LogP contribution in [0.15, 0.2) is 48.6 Å². The van der Waals surface area contributed by atoms with Gasteiger partial charge in [-0.1, -0.05) is 197 Å². The lowest BCUT2D eigenvalue weighted by Gasteiger charge is -2.21. The predicted molar refractivity (Wildman–Crippen MR) is 217 cm³/mol. The van der Waals surface area contributed by atoms with E-state index in [1.807, 2.05) is 6.08 Å². The average molecular weight is 702 g/mol. The third kappa shape index (κ3) is 34.7. The Hall–Kier alpha value is -1.69. The number of aliphatic hydroxyl groups excluding tert-OH is 3. The molecule has 0 aliphatic rings. The van der Waals surface area contributed by atoms with E-state index in [0.717, 1.165) is 51.4 Å². The van der Waals surface area contributed by atoms with Gasteiger partial charge >= 0.3 is 0 Å². The molecule has 0 aliphatic carbocycles. The van der Waals surface area contributed by atoms with Crippen LogP contribution in [0.5, 0.6) is 0 Å². The fourth-order valence-electron chi connectivity index (χ4n) is 6.30. The maximum Gasteiger partial charge on any atom is 0.249 e. The van der Waals surface area contributed by atoms with Crippen LogP contribution >= 0.6 is 0 Å². The highest BCUT2D eigenvalue weighted by Crippen LogP contribution is 2.15.